The lowest BCUT2D eigenvalue weighted by Gasteiger charge is -2.36. The predicted octanol–water partition coefficient (Wildman–Crippen LogP) is 2.35. The molecule has 2 aromatic carbocycles. The average Bonchev–Trinajstić information content (AvgIpc) is 3.45. The van der Waals surface area contributed by atoms with Gasteiger partial charge in [0.05, 0.1) is 30.7 Å². The first-order chi connectivity index (χ1) is 16.0. The molecule has 2 fully saturated rings. The molecular weight excluding hydrogens is 425 g/mol. The van der Waals surface area contributed by atoms with Crippen LogP contribution in [0.3, 0.4) is 0 Å². The van der Waals surface area contributed by atoms with Crippen molar-refractivity contribution in [3.63, 3.8) is 0 Å². The molecule has 5 rings (SSSR count). The van der Waals surface area contributed by atoms with Gasteiger partial charge in [-0.1, -0.05) is 17.3 Å². The second-order valence-corrected chi connectivity index (χ2v) is 8.38. The molecule has 0 unspecified atom stereocenters. The number of anilines is 3. The van der Waals surface area contributed by atoms with E-state index in [9.17, 15) is 4.79 Å². The predicted molar refractivity (Wildman–Crippen MR) is 122 cm³/mol. The highest BCUT2D eigenvalue weighted by Crippen LogP contribution is 2.29. The number of hydrogen-bond donors (Lipinski definition) is 1. The summed E-state index contributed by atoms with van der Waals surface area (Å²) in [6.45, 7) is 4.74. The van der Waals surface area contributed by atoms with Crippen LogP contribution >= 0.6 is 0 Å². The second-order valence-electron chi connectivity index (χ2n) is 8.38. The Morgan fingerprint density at radius 2 is 1.88 bits per heavy atom. The molecule has 9 nitrogen and oxygen atoms in total. The van der Waals surface area contributed by atoms with E-state index in [0.717, 1.165) is 38.4 Å². The highest BCUT2D eigenvalue weighted by molar-refractivity contribution is 5.90. The molecule has 1 aromatic heterocycles. The van der Waals surface area contributed by atoms with Crippen LogP contribution in [0, 0.1) is 5.82 Å². The molecule has 0 saturated carbocycles. The van der Waals surface area contributed by atoms with Gasteiger partial charge in [0.25, 0.3) is 0 Å². The second kappa shape index (κ2) is 9.07. The van der Waals surface area contributed by atoms with Crippen LogP contribution in [-0.4, -0.2) is 64.8 Å². The number of benzene rings is 2. The zero-order valence-electron chi connectivity index (χ0n) is 18.2. The maximum Gasteiger partial charge on any atom is 0.414 e. The summed E-state index contributed by atoms with van der Waals surface area (Å²) in [5.41, 5.74) is 8.78. The van der Waals surface area contributed by atoms with Crippen LogP contribution in [0.1, 0.15) is 5.56 Å². The summed E-state index contributed by atoms with van der Waals surface area (Å²) >= 11 is 0. The fraction of sp³-hybridized carbons (Fsp3) is 0.348. The van der Waals surface area contributed by atoms with E-state index in [-0.39, 0.29) is 11.9 Å². The summed E-state index contributed by atoms with van der Waals surface area (Å²) in [6.07, 6.45) is 2.43. The van der Waals surface area contributed by atoms with Crippen molar-refractivity contribution >= 4 is 23.2 Å². The molecule has 172 valence electrons. The Bertz CT molecular complexity index is 1100. The fourth-order valence-corrected chi connectivity index (χ4v) is 4.31. The minimum absolute atomic E-state index is 0.335. The number of aromatic nitrogens is 3. The molecule has 0 bridgehead atoms. The van der Waals surface area contributed by atoms with E-state index in [0.29, 0.717) is 24.5 Å². The summed E-state index contributed by atoms with van der Waals surface area (Å²) in [5, 5.41) is 7.65. The van der Waals surface area contributed by atoms with E-state index < -0.39 is 6.09 Å². The van der Waals surface area contributed by atoms with Crippen molar-refractivity contribution in [3.8, 4) is 0 Å². The molecule has 0 aliphatic carbocycles. The molecule has 0 radical (unpaired) electrons. The Labute approximate surface area is 191 Å². The third-order valence-electron chi connectivity index (χ3n) is 6.08. The fourth-order valence-electron chi connectivity index (χ4n) is 4.31. The van der Waals surface area contributed by atoms with Gasteiger partial charge in [-0.3, -0.25) is 9.80 Å². The number of amides is 1. The number of piperazine rings is 1. The molecule has 2 aliphatic heterocycles. The number of carbonyl (C=O) groups excluding carboxylic acids is 1. The number of nitrogens with zero attached hydrogens (tertiary/aromatic N) is 6. The van der Waals surface area contributed by atoms with E-state index in [4.69, 9.17) is 10.5 Å². The molecule has 10 heteroatoms. The summed E-state index contributed by atoms with van der Waals surface area (Å²) in [6, 6.07) is 12.8. The van der Waals surface area contributed by atoms with Gasteiger partial charge in [-0.2, -0.15) is 0 Å². The largest absolute Gasteiger partial charge is 0.442 e. The minimum atomic E-state index is -0.483. The minimum Gasteiger partial charge on any atom is -0.442 e. The quantitative estimate of drug-likeness (QED) is 0.575. The zero-order chi connectivity index (χ0) is 22.8. The monoisotopic (exact) mass is 451 g/mol. The molecule has 2 saturated heterocycles. The Balaban J connectivity index is 1.19. The molecular formula is C23H26FN7O2. The third-order valence-corrected chi connectivity index (χ3v) is 6.08. The molecule has 3 heterocycles. The third kappa shape index (κ3) is 4.75. The molecule has 2 N–H and O–H groups in total. The maximum atomic E-state index is 15.0. The van der Waals surface area contributed by atoms with E-state index in [1.807, 2.05) is 24.3 Å². The van der Waals surface area contributed by atoms with Crippen molar-refractivity contribution in [2.24, 2.45) is 0 Å². The van der Waals surface area contributed by atoms with Crippen LogP contribution < -0.4 is 15.5 Å². The molecule has 3 aromatic rings. The highest BCUT2D eigenvalue weighted by Gasteiger charge is 2.33. The lowest BCUT2D eigenvalue weighted by Crippen LogP contribution is -2.46. The SMILES string of the molecule is Nc1ccc(CN2CCN(c3ccc(N4C[C@H](Cn5ccnn5)OC4=O)cc3F)CC2)cc1. The summed E-state index contributed by atoms with van der Waals surface area (Å²) in [5.74, 6) is -0.341. The highest BCUT2D eigenvalue weighted by atomic mass is 19.1. The van der Waals surface area contributed by atoms with Crippen molar-refractivity contribution in [1.29, 1.82) is 0 Å². The lowest BCUT2D eigenvalue weighted by molar-refractivity contribution is 0.129. The number of hydrogen-bond acceptors (Lipinski definition) is 7. The number of ether oxygens (including phenoxy) is 1. The molecule has 2 aliphatic rings. The van der Waals surface area contributed by atoms with Crippen LogP contribution in [0.2, 0.25) is 0 Å². The van der Waals surface area contributed by atoms with Crippen LogP contribution in [0.25, 0.3) is 0 Å². The van der Waals surface area contributed by atoms with Crippen molar-refractivity contribution in [1.82, 2.24) is 19.9 Å². The van der Waals surface area contributed by atoms with Crippen LogP contribution in [-0.2, 0) is 17.8 Å². The lowest BCUT2D eigenvalue weighted by atomic mass is 10.1. The molecule has 0 spiro atoms. The van der Waals surface area contributed by atoms with Crippen LogP contribution in [0.4, 0.5) is 26.2 Å². The van der Waals surface area contributed by atoms with Crippen LogP contribution in [0.5, 0.6) is 0 Å². The van der Waals surface area contributed by atoms with Crippen LogP contribution in [0.15, 0.2) is 54.9 Å². The van der Waals surface area contributed by atoms with Gasteiger partial charge in [-0.15, -0.1) is 5.10 Å². The molecule has 1 atom stereocenters. The average molecular weight is 452 g/mol. The van der Waals surface area contributed by atoms with E-state index in [1.165, 1.54) is 16.5 Å². The first-order valence-electron chi connectivity index (χ1n) is 11.0. The normalized spacial score (nSPS) is 19.2. The topological polar surface area (TPSA) is 92.8 Å². The number of nitrogens with two attached hydrogens (primary N) is 1. The van der Waals surface area contributed by atoms with Gasteiger partial charge in [0, 0.05) is 44.6 Å². The van der Waals surface area contributed by atoms with E-state index >= 15 is 4.39 Å². The zero-order valence-corrected chi connectivity index (χ0v) is 18.2. The van der Waals surface area contributed by atoms with Gasteiger partial charge in [-0.05, 0) is 35.9 Å². The maximum absolute atomic E-state index is 15.0. The first kappa shape index (κ1) is 21.2. The number of halogens is 1. The first-order valence-corrected chi connectivity index (χ1v) is 11.0. The Hall–Kier alpha value is -3.66. The Morgan fingerprint density at radius 3 is 2.58 bits per heavy atom. The van der Waals surface area contributed by atoms with Gasteiger partial charge < -0.3 is 15.4 Å². The summed E-state index contributed by atoms with van der Waals surface area (Å²) in [7, 11) is 0. The van der Waals surface area contributed by atoms with Crippen molar-refractivity contribution in [2.75, 3.05) is 48.3 Å². The Kier molecular flexibility index (Phi) is 5.82. The van der Waals surface area contributed by atoms with Gasteiger partial charge in [0.15, 0.2) is 0 Å². The van der Waals surface area contributed by atoms with Crippen molar-refractivity contribution < 1.29 is 13.9 Å². The van der Waals surface area contributed by atoms with E-state index in [1.54, 1.807) is 29.2 Å². The summed E-state index contributed by atoms with van der Waals surface area (Å²) in [4.78, 5) is 18.2. The Morgan fingerprint density at radius 1 is 1.09 bits per heavy atom. The van der Waals surface area contributed by atoms with E-state index in [2.05, 4.69) is 20.1 Å². The smallest absolute Gasteiger partial charge is 0.414 e. The number of carbonyl (C=O) groups is 1. The van der Waals surface area contributed by atoms with Crippen molar-refractivity contribution in [2.45, 2.75) is 19.2 Å². The standard InChI is InChI=1S/C23H26FN7O2/c24-21-13-19(31-16-20(33-23(31)32)15-30-8-7-26-27-30)5-6-22(21)29-11-9-28(10-12-29)14-17-1-3-18(25)4-2-17/h1-8,13,20H,9-12,14-16,25H2/t20-/m0/s1. The molecule has 1 amide bonds. The van der Waals surface area contributed by atoms with Gasteiger partial charge in [0.1, 0.15) is 11.9 Å². The van der Waals surface area contributed by atoms with Crippen molar-refractivity contribution in [3.05, 3.63) is 66.2 Å². The van der Waals surface area contributed by atoms with Gasteiger partial charge >= 0.3 is 6.09 Å². The molecule has 33 heavy (non-hydrogen) atoms. The van der Waals surface area contributed by atoms with Gasteiger partial charge in [-0.25, -0.2) is 13.9 Å². The number of cyclic esters (lactones) is 1. The summed E-state index contributed by atoms with van der Waals surface area (Å²) < 4.78 is 22.0. The number of nitrogen functional groups attached to an aromatic ring is 1. The van der Waals surface area contributed by atoms with Gasteiger partial charge in [0.2, 0.25) is 0 Å². The number of rotatable bonds is 6.